The van der Waals surface area contributed by atoms with Crippen LogP contribution in [-0.4, -0.2) is 23.5 Å². The molecule has 0 fully saturated rings. The number of nitrogens with one attached hydrogen (secondary N) is 3. The van der Waals surface area contributed by atoms with E-state index in [-0.39, 0.29) is 17.6 Å². The van der Waals surface area contributed by atoms with E-state index in [1.165, 1.54) is 0 Å². The third kappa shape index (κ3) is 6.91. The Morgan fingerprint density at radius 2 is 1.96 bits per heavy atom. The van der Waals surface area contributed by atoms with E-state index in [1.807, 2.05) is 13.0 Å². The Hall–Kier alpha value is -1.43. The summed E-state index contributed by atoms with van der Waals surface area (Å²) in [6, 6.07) is 10.3. The molecule has 0 aliphatic rings. The van der Waals surface area contributed by atoms with Crippen molar-refractivity contribution < 1.29 is 14.3 Å². The number of benzene rings is 2. The van der Waals surface area contributed by atoms with E-state index in [2.05, 4.69) is 54.7 Å². The molecule has 0 aliphatic heterocycles. The highest BCUT2D eigenvalue weighted by molar-refractivity contribution is 14.1. The maximum atomic E-state index is 12.1. The van der Waals surface area contributed by atoms with Crippen LogP contribution in [0.25, 0.3) is 0 Å². The molecule has 0 heterocycles. The van der Waals surface area contributed by atoms with E-state index in [1.54, 1.807) is 30.3 Å². The van der Waals surface area contributed by atoms with Crippen LogP contribution in [-0.2, 0) is 4.79 Å². The minimum atomic E-state index is -0.490. The van der Waals surface area contributed by atoms with Crippen LogP contribution in [0.5, 0.6) is 5.75 Å². The molecule has 27 heavy (non-hydrogen) atoms. The van der Waals surface area contributed by atoms with Crippen LogP contribution >= 0.6 is 62.3 Å². The smallest absolute Gasteiger partial charge is 0.276 e. The van der Waals surface area contributed by atoms with Gasteiger partial charge in [0.1, 0.15) is 5.75 Å². The molecule has 0 radical (unpaired) electrons. The van der Waals surface area contributed by atoms with Crippen molar-refractivity contribution in [1.82, 2.24) is 16.2 Å². The van der Waals surface area contributed by atoms with Crippen LogP contribution in [0, 0.1) is 10.5 Å². The molecule has 2 aromatic rings. The van der Waals surface area contributed by atoms with Gasteiger partial charge in [-0.25, -0.2) is 0 Å². The van der Waals surface area contributed by atoms with Crippen LogP contribution < -0.4 is 20.9 Å². The van der Waals surface area contributed by atoms with Gasteiger partial charge in [0.05, 0.1) is 5.02 Å². The molecule has 0 bridgehead atoms. The fourth-order valence-corrected chi connectivity index (χ4v) is 3.23. The number of thiocarbonyl (C=S) groups is 1. The lowest BCUT2D eigenvalue weighted by Gasteiger charge is -2.12. The SMILES string of the molecule is Cc1ccc(C(=O)NC(=S)NNC(=O)COc2ccc(Br)cc2Cl)cc1I. The maximum Gasteiger partial charge on any atom is 0.276 e. The molecule has 2 aromatic carbocycles. The second-order valence-corrected chi connectivity index (χ2v) is 8.18. The lowest BCUT2D eigenvalue weighted by molar-refractivity contribution is -0.123. The molecule has 0 unspecified atom stereocenters. The van der Waals surface area contributed by atoms with Gasteiger partial charge >= 0.3 is 0 Å². The van der Waals surface area contributed by atoms with Crippen molar-refractivity contribution in [3.8, 4) is 5.75 Å². The maximum absolute atomic E-state index is 12.1. The first-order valence-corrected chi connectivity index (χ1v) is 10.2. The van der Waals surface area contributed by atoms with Gasteiger partial charge in [-0.3, -0.25) is 25.8 Å². The molecule has 142 valence electrons. The largest absolute Gasteiger partial charge is 0.482 e. The first-order valence-electron chi connectivity index (χ1n) is 7.50. The number of aryl methyl sites for hydroxylation is 1. The highest BCUT2D eigenvalue weighted by Gasteiger charge is 2.10. The monoisotopic (exact) mass is 581 g/mol. The van der Waals surface area contributed by atoms with Crippen molar-refractivity contribution in [2.24, 2.45) is 0 Å². The minimum absolute atomic E-state index is 0.0365. The lowest BCUT2D eigenvalue weighted by Crippen LogP contribution is -2.49. The number of halogens is 3. The second-order valence-electron chi connectivity index (χ2n) is 5.28. The number of amides is 2. The van der Waals surface area contributed by atoms with Crippen LogP contribution in [0.3, 0.4) is 0 Å². The summed E-state index contributed by atoms with van der Waals surface area (Å²) in [5, 5.41) is 2.82. The molecule has 0 aliphatic carbocycles. The van der Waals surface area contributed by atoms with Crippen molar-refractivity contribution in [3.05, 3.63) is 60.6 Å². The van der Waals surface area contributed by atoms with Gasteiger partial charge in [-0.05, 0) is 77.6 Å². The fraction of sp³-hybridized carbons (Fsp3) is 0.118. The fourth-order valence-electron chi connectivity index (χ4n) is 1.84. The first kappa shape index (κ1) is 21.9. The van der Waals surface area contributed by atoms with Crippen molar-refractivity contribution in [1.29, 1.82) is 0 Å². The van der Waals surface area contributed by atoms with Gasteiger partial charge in [0.15, 0.2) is 11.7 Å². The van der Waals surface area contributed by atoms with E-state index < -0.39 is 5.91 Å². The molecule has 2 amide bonds. The molecular formula is C17H14BrClIN3O3S. The number of hydrogen-bond acceptors (Lipinski definition) is 4. The number of carbonyl (C=O) groups excluding carboxylic acids is 2. The summed E-state index contributed by atoms with van der Waals surface area (Å²) in [6.45, 7) is 1.68. The van der Waals surface area contributed by atoms with Crippen LogP contribution in [0.4, 0.5) is 0 Å². The second kappa shape index (κ2) is 10.2. The summed E-state index contributed by atoms with van der Waals surface area (Å²) in [6.07, 6.45) is 0. The van der Waals surface area contributed by atoms with E-state index >= 15 is 0 Å². The Balaban J connectivity index is 1.78. The summed E-state index contributed by atoms with van der Waals surface area (Å²) >= 11 is 16.4. The van der Waals surface area contributed by atoms with E-state index in [0.29, 0.717) is 16.3 Å². The van der Waals surface area contributed by atoms with Gasteiger partial charge < -0.3 is 4.74 Å². The Morgan fingerprint density at radius 3 is 2.63 bits per heavy atom. The number of hydrazine groups is 1. The van der Waals surface area contributed by atoms with Crippen LogP contribution in [0.15, 0.2) is 40.9 Å². The van der Waals surface area contributed by atoms with E-state index in [9.17, 15) is 9.59 Å². The zero-order valence-corrected chi connectivity index (χ0v) is 19.3. The van der Waals surface area contributed by atoms with Gasteiger partial charge in [0.2, 0.25) is 0 Å². The highest BCUT2D eigenvalue weighted by atomic mass is 127. The number of ether oxygens (including phenoxy) is 1. The molecular weight excluding hydrogens is 569 g/mol. The summed E-state index contributed by atoms with van der Waals surface area (Å²) in [5.74, 6) is -0.493. The standard InChI is InChI=1S/C17H14BrClIN3O3S/c1-9-2-3-10(6-13(9)20)16(25)21-17(27)23-22-15(24)8-26-14-5-4-11(18)7-12(14)19/h2-7H,8H2,1H3,(H,22,24)(H2,21,23,25,27). The topological polar surface area (TPSA) is 79.5 Å². The summed E-state index contributed by atoms with van der Waals surface area (Å²) < 4.78 is 7.09. The molecule has 10 heteroatoms. The van der Waals surface area contributed by atoms with Crippen molar-refractivity contribution in [2.45, 2.75) is 6.92 Å². The average molecular weight is 583 g/mol. The zero-order chi connectivity index (χ0) is 20.0. The quantitative estimate of drug-likeness (QED) is 0.291. The van der Waals surface area contributed by atoms with Gasteiger partial charge in [0.25, 0.3) is 11.8 Å². The van der Waals surface area contributed by atoms with E-state index in [0.717, 1.165) is 13.6 Å². The summed E-state index contributed by atoms with van der Waals surface area (Å²) in [7, 11) is 0. The predicted octanol–water partition coefficient (Wildman–Crippen LogP) is 3.73. The average Bonchev–Trinajstić information content (AvgIpc) is 2.61. The number of carbonyl (C=O) groups is 2. The van der Waals surface area contributed by atoms with Crippen molar-refractivity contribution in [2.75, 3.05) is 6.61 Å². The minimum Gasteiger partial charge on any atom is -0.482 e. The molecule has 2 rings (SSSR count). The predicted molar refractivity (Wildman–Crippen MR) is 120 cm³/mol. The summed E-state index contributed by atoms with van der Waals surface area (Å²) in [5.41, 5.74) is 6.33. The molecule has 0 saturated heterocycles. The van der Waals surface area contributed by atoms with Crippen LogP contribution in [0.1, 0.15) is 15.9 Å². The Kier molecular flexibility index (Phi) is 8.27. The molecule has 0 spiro atoms. The molecule has 3 N–H and O–H groups in total. The van der Waals surface area contributed by atoms with Gasteiger partial charge in [0, 0.05) is 13.6 Å². The van der Waals surface area contributed by atoms with Gasteiger partial charge in [-0.1, -0.05) is 33.6 Å². The summed E-state index contributed by atoms with van der Waals surface area (Å²) in [4.78, 5) is 24.0. The molecule has 0 aromatic heterocycles. The third-order valence-corrected chi connectivity index (χ3v) is 5.38. The van der Waals surface area contributed by atoms with Gasteiger partial charge in [-0.15, -0.1) is 0 Å². The molecule has 0 atom stereocenters. The first-order chi connectivity index (χ1) is 12.8. The van der Waals surface area contributed by atoms with Gasteiger partial charge in [-0.2, -0.15) is 0 Å². The van der Waals surface area contributed by atoms with Crippen molar-refractivity contribution in [3.63, 3.8) is 0 Å². The Bertz CT molecular complexity index is 898. The highest BCUT2D eigenvalue weighted by Crippen LogP contribution is 2.27. The number of rotatable bonds is 4. The Labute approximate surface area is 188 Å². The lowest BCUT2D eigenvalue weighted by atomic mass is 10.1. The zero-order valence-electron chi connectivity index (χ0n) is 13.9. The van der Waals surface area contributed by atoms with E-state index in [4.69, 9.17) is 28.6 Å². The van der Waals surface area contributed by atoms with Crippen molar-refractivity contribution >= 4 is 79.3 Å². The molecule has 6 nitrogen and oxygen atoms in total. The Morgan fingerprint density at radius 1 is 1.22 bits per heavy atom. The number of hydrogen-bond donors (Lipinski definition) is 3. The third-order valence-electron chi connectivity index (χ3n) is 3.23. The normalized spacial score (nSPS) is 10.1. The molecule has 0 saturated carbocycles. The van der Waals surface area contributed by atoms with Crippen LogP contribution in [0.2, 0.25) is 5.02 Å².